The third-order valence-electron chi connectivity index (χ3n) is 2.67. The minimum absolute atomic E-state index is 0.182. The second-order valence-corrected chi connectivity index (χ2v) is 3.70. The first-order chi connectivity index (χ1) is 7.70. The molecule has 16 heavy (non-hydrogen) atoms. The van der Waals surface area contributed by atoms with Crippen molar-refractivity contribution in [2.75, 3.05) is 25.1 Å². The number of Topliss-reactive ketones (excluding diaryl/α,β-unsaturated/α-hetero) is 1. The molecule has 0 saturated carbocycles. The summed E-state index contributed by atoms with van der Waals surface area (Å²) >= 11 is 0. The van der Waals surface area contributed by atoms with E-state index in [0.29, 0.717) is 31.7 Å². The van der Waals surface area contributed by atoms with Gasteiger partial charge in [0.15, 0.2) is 11.6 Å². The summed E-state index contributed by atoms with van der Waals surface area (Å²) < 4.78 is 18.0. The minimum Gasteiger partial charge on any atom is -0.493 e. The van der Waals surface area contributed by atoms with E-state index in [1.807, 2.05) is 4.90 Å². The Bertz CT molecular complexity index is 399. The fraction of sp³-hybridized carbons (Fsp3) is 0.455. The molecule has 0 aliphatic carbocycles. The largest absolute Gasteiger partial charge is 0.493 e. The lowest BCUT2D eigenvalue weighted by molar-refractivity contribution is -0.119. The van der Waals surface area contributed by atoms with Gasteiger partial charge in [0.25, 0.3) is 0 Å². The van der Waals surface area contributed by atoms with E-state index in [0.717, 1.165) is 6.20 Å². The number of anilines is 1. The number of aromatic nitrogens is 1. The van der Waals surface area contributed by atoms with Crippen LogP contribution in [0, 0.1) is 5.82 Å². The van der Waals surface area contributed by atoms with Gasteiger partial charge in [0.2, 0.25) is 0 Å². The number of nitrogens with zero attached hydrogens (tertiary/aromatic N) is 2. The van der Waals surface area contributed by atoms with Gasteiger partial charge in [-0.25, -0.2) is 9.37 Å². The molecule has 0 atom stereocenters. The molecular formula is C11H13FN2O2. The van der Waals surface area contributed by atoms with Crippen LogP contribution in [0.3, 0.4) is 0 Å². The fourth-order valence-electron chi connectivity index (χ4n) is 1.72. The van der Waals surface area contributed by atoms with Crippen molar-refractivity contribution in [3.05, 3.63) is 18.1 Å². The van der Waals surface area contributed by atoms with Crippen LogP contribution in [0.1, 0.15) is 12.8 Å². The molecule has 1 aromatic heterocycles. The normalized spacial score (nSPS) is 16.4. The monoisotopic (exact) mass is 224 g/mol. The number of ketones is 1. The summed E-state index contributed by atoms with van der Waals surface area (Å²) in [6.45, 7) is 1.28. The van der Waals surface area contributed by atoms with Crippen molar-refractivity contribution in [3.63, 3.8) is 0 Å². The SMILES string of the molecule is COc1cc(N2CCC(=O)CC2)ncc1F. The van der Waals surface area contributed by atoms with Crippen LogP contribution in [0.5, 0.6) is 5.75 Å². The highest BCUT2D eigenvalue weighted by Crippen LogP contribution is 2.23. The summed E-state index contributed by atoms with van der Waals surface area (Å²) in [6.07, 6.45) is 2.20. The Balaban J connectivity index is 2.17. The van der Waals surface area contributed by atoms with Crippen molar-refractivity contribution in [1.29, 1.82) is 0 Å². The Hall–Kier alpha value is -1.65. The first-order valence-corrected chi connectivity index (χ1v) is 5.17. The van der Waals surface area contributed by atoms with Gasteiger partial charge in [-0.1, -0.05) is 0 Å². The molecule has 0 radical (unpaired) electrons. The Kier molecular flexibility index (Phi) is 3.03. The Morgan fingerprint density at radius 2 is 2.12 bits per heavy atom. The van der Waals surface area contributed by atoms with E-state index in [1.165, 1.54) is 7.11 Å². The number of carbonyl (C=O) groups is 1. The molecule has 86 valence electrons. The van der Waals surface area contributed by atoms with Gasteiger partial charge in [-0.05, 0) is 0 Å². The van der Waals surface area contributed by atoms with Gasteiger partial charge in [0, 0.05) is 32.0 Å². The van der Waals surface area contributed by atoms with E-state index in [4.69, 9.17) is 4.74 Å². The smallest absolute Gasteiger partial charge is 0.183 e. The van der Waals surface area contributed by atoms with E-state index >= 15 is 0 Å². The molecule has 1 aliphatic rings. The maximum atomic E-state index is 13.1. The van der Waals surface area contributed by atoms with Crippen molar-refractivity contribution in [2.24, 2.45) is 0 Å². The first kappa shape index (κ1) is 10.9. The lowest BCUT2D eigenvalue weighted by atomic mass is 10.1. The number of hydrogen-bond acceptors (Lipinski definition) is 4. The molecule has 0 spiro atoms. The zero-order chi connectivity index (χ0) is 11.5. The molecule has 1 aliphatic heterocycles. The van der Waals surface area contributed by atoms with E-state index in [1.54, 1.807) is 6.07 Å². The number of piperidine rings is 1. The molecule has 0 unspecified atom stereocenters. The predicted molar refractivity (Wildman–Crippen MR) is 57.2 cm³/mol. The molecule has 5 heteroatoms. The van der Waals surface area contributed by atoms with Gasteiger partial charge in [-0.15, -0.1) is 0 Å². The summed E-state index contributed by atoms with van der Waals surface area (Å²) in [7, 11) is 1.42. The molecule has 2 heterocycles. The average Bonchev–Trinajstić information content (AvgIpc) is 2.31. The van der Waals surface area contributed by atoms with Crippen LogP contribution >= 0.6 is 0 Å². The predicted octanol–water partition coefficient (Wildman–Crippen LogP) is 1.40. The quantitative estimate of drug-likeness (QED) is 0.761. The fourth-order valence-corrected chi connectivity index (χ4v) is 1.72. The number of pyridine rings is 1. The number of rotatable bonds is 2. The second-order valence-electron chi connectivity index (χ2n) is 3.70. The molecule has 0 amide bonds. The van der Waals surface area contributed by atoms with Crippen molar-refractivity contribution in [2.45, 2.75) is 12.8 Å². The van der Waals surface area contributed by atoms with Crippen LogP contribution in [0.15, 0.2) is 12.3 Å². The van der Waals surface area contributed by atoms with Gasteiger partial charge in [0.1, 0.15) is 11.6 Å². The van der Waals surface area contributed by atoms with Crippen LogP contribution in [-0.4, -0.2) is 31.0 Å². The average molecular weight is 224 g/mol. The van der Waals surface area contributed by atoms with Crippen LogP contribution in [0.25, 0.3) is 0 Å². The highest BCUT2D eigenvalue weighted by Gasteiger charge is 2.18. The number of hydrogen-bond donors (Lipinski definition) is 0. The molecule has 2 rings (SSSR count). The zero-order valence-corrected chi connectivity index (χ0v) is 9.07. The summed E-state index contributed by atoms with van der Waals surface area (Å²) in [4.78, 5) is 17.0. The molecule has 0 N–H and O–H groups in total. The Labute approximate surface area is 93.0 Å². The highest BCUT2D eigenvalue weighted by atomic mass is 19.1. The van der Waals surface area contributed by atoms with Crippen molar-refractivity contribution in [1.82, 2.24) is 4.98 Å². The van der Waals surface area contributed by atoms with Crippen LogP contribution < -0.4 is 9.64 Å². The highest BCUT2D eigenvalue weighted by molar-refractivity contribution is 5.80. The molecule has 0 bridgehead atoms. The third kappa shape index (κ3) is 2.13. The van der Waals surface area contributed by atoms with Gasteiger partial charge >= 0.3 is 0 Å². The van der Waals surface area contributed by atoms with Gasteiger partial charge in [-0.3, -0.25) is 4.79 Å². The standard InChI is InChI=1S/C11H13FN2O2/c1-16-10-6-11(13-7-9(10)12)14-4-2-8(15)3-5-14/h6-7H,2-5H2,1H3. The number of methoxy groups -OCH3 is 1. The topological polar surface area (TPSA) is 42.4 Å². The molecule has 4 nitrogen and oxygen atoms in total. The van der Waals surface area contributed by atoms with Crippen LogP contribution in [0.4, 0.5) is 10.2 Å². The van der Waals surface area contributed by atoms with Crippen molar-refractivity contribution < 1.29 is 13.9 Å². The molecular weight excluding hydrogens is 211 g/mol. The van der Waals surface area contributed by atoms with E-state index in [2.05, 4.69) is 4.98 Å². The van der Waals surface area contributed by atoms with Crippen LogP contribution in [0.2, 0.25) is 0 Å². The van der Waals surface area contributed by atoms with E-state index in [9.17, 15) is 9.18 Å². The number of ether oxygens (including phenoxy) is 1. The molecule has 1 aromatic rings. The summed E-state index contributed by atoms with van der Waals surface area (Å²) in [5, 5.41) is 0. The van der Waals surface area contributed by atoms with Crippen molar-refractivity contribution in [3.8, 4) is 5.75 Å². The maximum absolute atomic E-state index is 13.1. The lowest BCUT2D eigenvalue weighted by Gasteiger charge is -2.27. The van der Waals surface area contributed by atoms with Gasteiger partial charge < -0.3 is 9.64 Å². The Morgan fingerprint density at radius 3 is 2.75 bits per heavy atom. The van der Waals surface area contributed by atoms with E-state index < -0.39 is 5.82 Å². The molecule has 1 fully saturated rings. The van der Waals surface area contributed by atoms with Gasteiger partial charge in [0.05, 0.1) is 13.3 Å². The third-order valence-corrected chi connectivity index (χ3v) is 2.67. The number of halogens is 1. The summed E-state index contributed by atoms with van der Waals surface area (Å²) in [5.41, 5.74) is 0. The molecule has 0 aromatic carbocycles. The zero-order valence-electron chi connectivity index (χ0n) is 9.07. The first-order valence-electron chi connectivity index (χ1n) is 5.17. The molecule has 1 saturated heterocycles. The summed E-state index contributed by atoms with van der Waals surface area (Å²) in [6, 6.07) is 1.56. The number of carbonyl (C=O) groups excluding carboxylic acids is 1. The van der Waals surface area contributed by atoms with Crippen molar-refractivity contribution >= 4 is 11.6 Å². The maximum Gasteiger partial charge on any atom is 0.183 e. The Morgan fingerprint density at radius 1 is 1.44 bits per heavy atom. The lowest BCUT2D eigenvalue weighted by Crippen LogP contribution is -2.34. The van der Waals surface area contributed by atoms with Gasteiger partial charge in [-0.2, -0.15) is 0 Å². The van der Waals surface area contributed by atoms with Crippen LogP contribution in [-0.2, 0) is 4.79 Å². The van der Waals surface area contributed by atoms with E-state index in [-0.39, 0.29) is 11.5 Å². The summed E-state index contributed by atoms with van der Waals surface area (Å²) in [5.74, 6) is 0.636. The minimum atomic E-state index is -0.473. The second kappa shape index (κ2) is 4.47.